The first-order valence-corrected chi connectivity index (χ1v) is 8.72. The van der Waals surface area contributed by atoms with Crippen LogP contribution in [-0.4, -0.2) is 52.4 Å². The zero-order valence-electron chi connectivity index (χ0n) is 14.5. The van der Waals surface area contributed by atoms with Crippen LogP contribution in [0.4, 0.5) is 0 Å². The van der Waals surface area contributed by atoms with Crippen LogP contribution < -0.4 is 5.43 Å². The van der Waals surface area contributed by atoms with Gasteiger partial charge >= 0.3 is 0 Å². The lowest BCUT2D eigenvalue weighted by Gasteiger charge is -2.34. The molecular weight excluding hydrogens is 306 g/mol. The maximum atomic E-state index is 12.8. The van der Waals surface area contributed by atoms with Crippen LogP contribution in [0.2, 0.25) is 0 Å². The third-order valence-electron chi connectivity index (χ3n) is 5.19. The van der Waals surface area contributed by atoms with Crippen LogP contribution in [-0.2, 0) is 11.8 Å². The maximum absolute atomic E-state index is 12.8. The third-order valence-corrected chi connectivity index (χ3v) is 5.19. The molecule has 6 heteroatoms. The van der Waals surface area contributed by atoms with Crippen molar-refractivity contribution in [2.45, 2.75) is 32.6 Å². The highest BCUT2D eigenvalue weighted by Gasteiger charge is 2.33. The van der Waals surface area contributed by atoms with Crippen molar-refractivity contribution in [1.82, 2.24) is 14.4 Å². The molecule has 2 saturated heterocycles. The fourth-order valence-corrected chi connectivity index (χ4v) is 3.62. The monoisotopic (exact) mass is 331 g/mol. The Hall–Kier alpha value is -2.11. The highest BCUT2D eigenvalue weighted by atomic mass is 16.2. The number of hydrogen-bond donors (Lipinski definition) is 0. The van der Waals surface area contributed by atoms with Crippen LogP contribution in [0.1, 0.15) is 41.7 Å². The normalized spacial score (nSPS) is 21.2. The van der Waals surface area contributed by atoms with Crippen LogP contribution in [0.5, 0.6) is 0 Å². The quantitative estimate of drug-likeness (QED) is 0.817. The number of piperidine rings is 1. The topological polar surface area (TPSA) is 62.6 Å². The fourth-order valence-electron chi connectivity index (χ4n) is 3.62. The van der Waals surface area contributed by atoms with Gasteiger partial charge in [-0.25, -0.2) is 0 Å². The summed E-state index contributed by atoms with van der Waals surface area (Å²) in [5.41, 5.74) is 0.762. The molecule has 0 bridgehead atoms. The number of carbonyl (C=O) groups is 2. The minimum absolute atomic E-state index is 0.130. The number of carbonyl (C=O) groups excluding carboxylic acids is 2. The summed E-state index contributed by atoms with van der Waals surface area (Å²) in [7, 11) is 1.82. The Morgan fingerprint density at radius 3 is 2.46 bits per heavy atom. The number of aryl methyl sites for hydroxylation is 2. The minimum Gasteiger partial charge on any atom is -0.354 e. The smallest absolute Gasteiger partial charge is 0.259 e. The van der Waals surface area contributed by atoms with E-state index in [9.17, 15) is 14.4 Å². The van der Waals surface area contributed by atoms with E-state index in [0.29, 0.717) is 13.1 Å². The van der Waals surface area contributed by atoms with Gasteiger partial charge in [-0.1, -0.05) is 0 Å². The molecule has 0 saturated carbocycles. The van der Waals surface area contributed by atoms with Crippen molar-refractivity contribution in [3.05, 3.63) is 33.7 Å². The Kier molecular flexibility index (Phi) is 4.73. The molecule has 6 nitrogen and oxygen atoms in total. The number of pyridine rings is 1. The van der Waals surface area contributed by atoms with E-state index in [0.717, 1.165) is 44.5 Å². The predicted molar refractivity (Wildman–Crippen MR) is 90.9 cm³/mol. The molecule has 1 atom stereocenters. The first-order valence-electron chi connectivity index (χ1n) is 8.72. The van der Waals surface area contributed by atoms with Crippen molar-refractivity contribution >= 4 is 11.8 Å². The van der Waals surface area contributed by atoms with Gasteiger partial charge < -0.3 is 14.4 Å². The largest absolute Gasteiger partial charge is 0.354 e. The molecule has 3 heterocycles. The lowest BCUT2D eigenvalue weighted by Crippen LogP contribution is -2.47. The second kappa shape index (κ2) is 6.79. The summed E-state index contributed by atoms with van der Waals surface area (Å²) in [6, 6.07) is 1.49. The van der Waals surface area contributed by atoms with Gasteiger partial charge in [-0.05, 0) is 32.6 Å². The van der Waals surface area contributed by atoms with Gasteiger partial charge in [-0.3, -0.25) is 14.4 Å². The van der Waals surface area contributed by atoms with Crippen molar-refractivity contribution in [2.24, 2.45) is 13.0 Å². The van der Waals surface area contributed by atoms with E-state index in [4.69, 9.17) is 0 Å². The zero-order valence-corrected chi connectivity index (χ0v) is 14.5. The van der Waals surface area contributed by atoms with E-state index in [1.54, 1.807) is 15.7 Å². The van der Waals surface area contributed by atoms with Crippen LogP contribution in [0.15, 0.2) is 17.1 Å². The molecule has 0 N–H and O–H groups in total. The highest BCUT2D eigenvalue weighted by molar-refractivity contribution is 5.94. The Labute approximate surface area is 142 Å². The second-order valence-electron chi connectivity index (χ2n) is 6.93. The van der Waals surface area contributed by atoms with Crippen LogP contribution in [0, 0.1) is 12.8 Å². The molecule has 0 unspecified atom stereocenters. The minimum atomic E-state index is -0.255. The number of amides is 2. The van der Waals surface area contributed by atoms with E-state index < -0.39 is 0 Å². The first-order chi connectivity index (χ1) is 11.5. The molecule has 1 aromatic heterocycles. The third kappa shape index (κ3) is 3.23. The molecule has 2 aliphatic rings. The number of rotatable bonds is 2. The summed E-state index contributed by atoms with van der Waals surface area (Å²) in [6.45, 7) is 4.54. The van der Waals surface area contributed by atoms with Crippen molar-refractivity contribution in [3.8, 4) is 0 Å². The number of nitrogens with zero attached hydrogens (tertiary/aromatic N) is 3. The zero-order chi connectivity index (χ0) is 17.3. The molecule has 2 amide bonds. The first kappa shape index (κ1) is 16.7. The van der Waals surface area contributed by atoms with E-state index in [1.165, 1.54) is 6.07 Å². The Morgan fingerprint density at radius 1 is 1.08 bits per heavy atom. The number of aromatic nitrogens is 1. The van der Waals surface area contributed by atoms with Crippen LogP contribution >= 0.6 is 0 Å². The molecule has 130 valence electrons. The summed E-state index contributed by atoms with van der Waals surface area (Å²) in [5, 5.41) is 0. The molecule has 0 spiro atoms. The maximum Gasteiger partial charge on any atom is 0.259 e. The van der Waals surface area contributed by atoms with Crippen LogP contribution in [0.3, 0.4) is 0 Å². The van der Waals surface area contributed by atoms with Crippen LogP contribution in [0.25, 0.3) is 0 Å². The van der Waals surface area contributed by atoms with Gasteiger partial charge in [0.05, 0.1) is 5.92 Å². The molecule has 24 heavy (non-hydrogen) atoms. The van der Waals surface area contributed by atoms with Crippen molar-refractivity contribution in [3.63, 3.8) is 0 Å². The summed E-state index contributed by atoms with van der Waals surface area (Å²) >= 11 is 0. The number of hydrogen-bond acceptors (Lipinski definition) is 3. The Morgan fingerprint density at radius 2 is 1.75 bits per heavy atom. The van der Waals surface area contributed by atoms with Gasteiger partial charge in [0.1, 0.15) is 5.56 Å². The van der Waals surface area contributed by atoms with E-state index >= 15 is 0 Å². The molecule has 2 fully saturated rings. The predicted octanol–water partition coefficient (Wildman–Crippen LogP) is 1.17. The molecule has 0 aliphatic carbocycles. The second-order valence-corrected chi connectivity index (χ2v) is 6.93. The Balaban J connectivity index is 1.74. The van der Waals surface area contributed by atoms with E-state index in [1.807, 2.05) is 18.9 Å². The van der Waals surface area contributed by atoms with Gasteiger partial charge in [-0.15, -0.1) is 0 Å². The van der Waals surface area contributed by atoms with Crippen molar-refractivity contribution in [1.29, 1.82) is 0 Å². The molecule has 1 aromatic rings. The van der Waals surface area contributed by atoms with E-state index in [2.05, 4.69) is 0 Å². The molecule has 0 aromatic carbocycles. The summed E-state index contributed by atoms with van der Waals surface area (Å²) in [5.74, 6) is -0.216. The molecule has 2 aliphatic heterocycles. The van der Waals surface area contributed by atoms with Crippen molar-refractivity contribution < 1.29 is 9.59 Å². The number of likely N-dealkylation sites (tertiary alicyclic amines) is 2. The summed E-state index contributed by atoms with van der Waals surface area (Å²) < 4.78 is 1.78. The lowest BCUT2D eigenvalue weighted by molar-refractivity contribution is -0.135. The average molecular weight is 331 g/mol. The summed E-state index contributed by atoms with van der Waals surface area (Å²) in [6.07, 6.45) is 5.38. The van der Waals surface area contributed by atoms with Gasteiger partial charge in [0.25, 0.3) is 5.91 Å². The van der Waals surface area contributed by atoms with Gasteiger partial charge in [0, 0.05) is 51.2 Å². The average Bonchev–Trinajstić information content (AvgIpc) is 3.11. The van der Waals surface area contributed by atoms with Gasteiger partial charge in [0.15, 0.2) is 5.43 Å². The van der Waals surface area contributed by atoms with Crippen molar-refractivity contribution in [2.75, 3.05) is 26.2 Å². The lowest BCUT2D eigenvalue weighted by atomic mass is 9.96. The van der Waals surface area contributed by atoms with Gasteiger partial charge in [-0.2, -0.15) is 0 Å². The SMILES string of the molecule is Cc1cc(=O)c(C(=O)N2CCC[C@@H](C(=O)N3CCCC3)C2)cn1C. The highest BCUT2D eigenvalue weighted by Crippen LogP contribution is 2.22. The standard InChI is InChI=1S/C18H25N3O3/c1-13-10-16(22)15(12-19(13)2)18(24)21-9-5-6-14(11-21)17(23)20-7-3-4-8-20/h10,12,14H,3-9,11H2,1-2H3/t14-/m1/s1. The molecular formula is C18H25N3O3. The molecule has 0 radical (unpaired) electrons. The summed E-state index contributed by atoms with van der Waals surface area (Å²) in [4.78, 5) is 41.1. The fraction of sp³-hybridized carbons (Fsp3) is 0.611. The molecule has 3 rings (SSSR count). The van der Waals surface area contributed by atoms with E-state index in [-0.39, 0.29) is 28.7 Å². The van der Waals surface area contributed by atoms with Gasteiger partial charge in [0.2, 0.25) is 5.91 Å². The Bertz CT molecular complexity index is 704.